The molecular formula is C13H23N5O. The molecule has 1 aliphatic heterocycles. The monoisotopic (exact) mass is 265 g/mol. The van der Waals surface area contributed by atoms with Gasteiger partial charge in [0.2, 0.25) is 0 Å². The van der Waals surface area contributed by atoms with E-state index >= 15 is 0 Å². The van der Waals surface area contributed by atoms with E-state index in [4.69, 9.17) is 10.5 Å². The molecule has 6 heteroatoms. The van der Waals surface area contributed by atoms with Crippen LogP contribution in [0.5, 0.6) is 0 Å². The fourth-order valence-corrected chi connectivity index (χ4v) is 2.21. The second kappa shape index (κ2) is 6.68. The Morgan fingerprint density at radius 2 is 2.16 bits per heavy atom. The third kappa shape index (κ3) is 4.04. The molecule has 0 aliphatic carbocycles. The summed E-state index contributed by atoms with van der Waals surface area (Å²) in [5, 5.41) is 3.25. The predicted octanol–water partition coefficient (Wildman–Crippen LogP) is 0.771. The van der Waals surface area contributed by atoms with Crippen LogP contribution in [0.15, 0.2) is 6.07 Å². The molecule has 0 atom stereocenters. The molecular weight excluding hydrogens is 242 g/mol. The van der Waals surface area contributed by atoms with E-state index in [0.717, 1.165) is 49.9 Å². The molecule has 2 rings (SSSR count). The Morgan fingerprint density at radius 1 is 1.42 bits per heavy atom. The number of methoxy groups -OCH3 is 1. The van der Waals surface area contributed by atoms with Crippen molar-refractivity contribution in [2.45, 2.75) is 25.8 Å². The first-order chi connectivity index (χ1) is 9.19. The van der Waals surface area contributed by atoms with Crippen LogP contribution in [-0.2, 0) is 4.74 Å². The molecule has 1 aromatic rings. The lowest BCUT2D eigenvalue weighted by Gasteiger charge is -2.31. The van der Waals surface area contributed by atoms with Crippen molar-refractivity contribution in [2.24, 2.45) is 5.73 Å². The number of aromatic nitrogens is 2. The van der Waals surface area contributed by atoms with Gasteiger partial charge in [-0.1, -0.05) is 0 Å². The van der Waals surface area contributed by atoms with Crippen LogP contribution >= 0.6 is 0 Å². The summed E-state index contributed by atoms with van der Waals surface area (Å²) in [6.45, 7) is 5.26. The molecule has 0 bridgehead atoms. The van der Waals surface area contributed by atoms with Gasteiger partial charge in [-0.3, -0.25) is 0 Å². The van der Waals surface area contributed by atoms with Crippen LogP contribution in [-0.4, -0.2) is 49.4 Å². The number of hydrogen-bond acceptors (Lipinski definition) is 6. The second-order valence-electron chi connectivity index (χ2n) is 4.90. The standard InChI is InChI=1S/C13H23N5O/c1-10-16-12(15-5-8-19-2)9-13(17-10)18-6-3-11(14)4-7-18/h9,11H,3-8,14H2,1-2H3,(H,15,16,17). The van der Waals surface area contributed by atoms with Crippen molar-refractivity contribution in [3.63, 3.8) is 0 Å². The number of nitrogens with two attached hydrogens (primary N) is 1. The van der Waals surface area contributed by atoms with Gasteiger partial charge in [-0.2, -0.15) is 0 Å². The Hall–Kier alpha value is -1.40. The maximum atomic E-state index is 5.93. The van der Waals surface area contributed by atoms with Gasteiger partial charge in [0.25, 0.3) is 0 Å². The van der Waals surface area contributed by atoms with Gasteiger partial charge in [0.1, 0.15) is 17.5 Å². The van der Waals surface area contributed by atoms with Gasteiger partial charge in [-0.25, -0.2) is 9.97 Å². The van der Waals surface area contributed by atoms with E-state index in [2.05, 4.69) is 20.2 Å². The van der Waals surface area contributed by atoms with Crippen LogP contribution < -0.4 is 16.0 Å². The summed E-state index contributed by atoms with van der Waals surface area (Å²) in [6, 6.07) is 2.33. The number of piperidine rings is 1. The molecule has 0 spiro atoms. The normalized spacial score (nSPS) is 16.7. The molecule has 1 saturated heterocycles. The summed E-state index contributed by atoms with van der Waals surface area (Å²) in [4.78, 5) is 11.2. The van der Waals surface area contributed by atoms with Crippen LogP contribution in [0.3, 0.4) is 0 Å². The summed E-state index contributed by atoms with van der Waals surface area (Å²) in [5.41, 5.74) is 5.93. The zero-order chi connectivity index (χ0) is 13.7. The lowest BCUT2D eigenvalue weighted by molar-refractivity contribution is 0.210. The molecule has 0 radical (unpaired) electrons. The Labute approximate surface area is 114 Å². The van der Waals surface area contributed by atoms with Crippen LogP contribution in [0.1, 0.15) is 18.7 Å². The molecule has 0 unspecified atom stereocenters. The largest absolute Gasteiger partial charge is 0.383 e. The number of nitrogens with zero attached hydrogens (tertiary/aromatic N) is 3. The highest BCUT2D eigenvalue weighted by Crippen LogP contribution is 2.19. The van der Waals surface area contributed by atoms with E-state index < -0.39 is 0 Å². The van der Waals surface area contributed by atoms with Gasteiger partial charge >= 0.3 is 0 Å². The van der Waals surface area contributed by atoms with Crippen LogP contribution in [0.4, 0.5) is 11.6 Å². The number of hydrogen-bond donors (Lipinski definition) is 2. The lowest BCUT2D eigenvalue weighted by Crippen LogP contribution is -2.40. The van der Waals surface area contributed by atoms with Crippen molar-refractivity contribution in [3.8, 4) is 0 Å². The molecule has 0 saturated carbocycles. The van der Waals surface area contributed by atoms with E-state index in [9.17, 15) is 0 Å². The van der Waals surface area contributed by atoms with Crippen LogP contribution in [0.25, 0.3) is 0 Å². The summed E-state index contributed by atoms with van der Waals surface area (Å²) < 4.78 is 5.02. The van der Waals surface area contributed by atoms with Gasteiger partial charge in [-0.15, -0.1) is 0 Å². The van der Waals surface area contributed by atoms with Gasteiger partial charge in [0, 0.05) is 38.9 Å². The molecule has 0 amide bonds. The molecule has 106 valence electrons. The minimum Gasteiger partial charge on any atom is -0.383 e. The zero-order valence-electron chi connectivity index (χ0n) is 11.7. The topological polar surface area (TPSA) is 76.3 Å². The minimum absolute atomic E-state index is 0.332. The number of aryl methyl sites for hydroxylation is 1. The first-order valence-electron chi connectivity index (χ1n) is 6.78. The van der Waals surface area contributed by atoms with Gasteiger partial charge in [0.15, 0.2) is 0 Å². The van der Waals surface area contributed by atoms with Crippen molar-refractivity contribution in [2.75, 3.05) is 43.6 Å². The van der Waals surface area contributed by atoms with Crippen LogP contribution in [0, 0.1) is 6.92 Å². The minimum atomic E-state index is 0.332. The first-order valence-corrected chi connectivity index (χ1v) is 6.78. The van der Waals surface area contributed by atoms with E-state index in [-0.39, 0.29) is 0 Å². The fourth-order valence-electron chi connectivity index (χ4n) is 2.21. The van der Waals surface area contributed by atoms with Gasteiger partial charge in [0.05, 0.1) is 6.61 Å². The Morgan fingerprint density at radius 3 is 2.84 bits per heavy atom. The highest BCUT2D eigenvalue weighted by atomic mass is 16.5. The summed E-state index contributed by atoms with van der Waals surface area (Å²) >= 11 is 0. The van der Waals surface area contributed by atoms with Crippen molar-refractivity contribution < 1.29 is 4.74 Å². The number of ether oxygens (including phenoxy) is 1. The quantitative estimate of drug-likeness (QED) is 0.766. The van der Waals surface area contributed by atoms with Gasteiger partial charge in [-0.05, 0) is 19.8 Å². The smallest absolute Gasteiger partial charge is 0.134 e. The van der Waals surface area contributed by atoms with E-state index in [1.807, 2.05) is 13.0 Å². The molecule has 6 nitrogen and oxygen atoms in total. The lowest BCUT2D eigenvalue weighted by atomic mass is 10.1. The zero-order valence-corrected chi connectivity index (χ0v) is 11.7. The van der Waals surface area contributed by atoms with E-state index in [1.54, 1.807) is 7.11 Å². The summed E-state index contributed by atoms with van der Waals surface area (Å²) in [7, 11) is 1.69. The highest BCUT2D eigenvalue weighted by Gasteiger charge is 2.18. The van der Waals surface area contributed by atoms with Crippen molar-refractivity contribution in [1.82, 2.24) is 9.97 Å². The maximum absolute atomic E-state index is 5.93. The summed E-state index contributed by atoms with van der Waals surface area (Å²) in [6.07, 6.45) is 2.05. The average Bonchev–Trinajstić information content (AvgIpc) is 2.39. The van der Waals surface area contributed by atoms with Gasteiger partial charge < -0.3 is 20.7 Å². The SMILES string of the molecule is COCCNc1cc(N2CCC(N)CC2)nc(C)n1. The Balaban J connectivity index is 2.03. The molecule has 3 N–H and O–H groups in total. The molecule has 19 heavy (non-hydrogen) atoms. The van der Waals surface area contributed by atoms with Crippen LogP contribution in [0.2, 0.25) is 0 Å². The first kappa shape index (κ1) is 14.0. The third-order valence-electron chi connectivity index (χ3n) is 3.30. The second-order valence-corrected chi connectivity index (χ2v) is 4.90. The average molecular weight is 265 g/mol. The summed E-state index contributed by atoms with van der Waals surface area (Å²) in [5.74, 6) is 2.63. The fraction of sp³-hybridized carbons (Fsp3) is 0.692. The van der Waals surface area contributed by atoms with E-state index in [0.29, 0.717) is 12.6 Å². The number of nitrogens with one attached hydrogen (secondary N) is 1. The molecule has 1 aliphatic rings. The van der Waals surface area contributed by atoms with Crippen molar-refractivity contribution in [3.05, 3.63) is 11.9 Å². The molecule has 1 aromatic heterocycles. The van der Waals surface area contributed by atoms with E-state index in [1.165, 1.54) is 0 Å². The van der Waals surface area contributed by atoms with Crippen molar-refractivity contribution in [1.29, 1.82) is 0 Å². The molecule has 2 heterocycles. The Kier molecular flexibility index (Phi) is 4.93. The number of rotatable bonds is 5. The maximum Gasteiger partial charge on any atom is 0.134 e. The molecule has 0 aromatic carbocycles. The molecule has 1 fully saturated rings. The number of anilines is 2. The van der Waals surface area contributed by atoms with Crippen molar-refractivity contribution >= 4 is 11.6 Å². The Bertz CT molecular complexity index is 404. The third-order valence-corrected chi connectivity index (χ3v) is 3.30. The highest BCUT2D eigenvalue weighted by molar-refractivity contribution is 5.49. The predicted molar refractivity (Wildman–Crippen MR) is 76.6 cm³/mol.